The van der Waals surface area contributed by atoms with Gasteiger partial charge in [0.05, 0.1) is 12.2 Å². The summed E-state index contributed by atoms with van der Waals surface area (Å²) in [5.74, 6) is 1.13. The molecule has 0 aliphatic carbocycles. The molecule has 2 saturated heterocycles. The highest BCUT2D eigenvalue weighted by Gasteiger charge is 2.34. The highest BCUT2D eigenvalue weighted by Crippen LogP contribution is 2.30. The SMILES string of the molecule is Cc1cc(CBr)cnc1N1CC2CCC(C1)O2. The van der Waals surface area contributed by atoms with Crippen molar-refractivity contribution >= 4 is 21.7 Å². The first-order valence-corrected chi connectivity index (χ1v) is 7.30. The van der Waals surface area contributed by atoms with Crippen LogP contribution in [-0.2, 0) is 10.1 Å². The summed E-state index contributed by atoms with van der Waals surface area (Å²) in [6.07, 6.45) is 5.23. The number of ether oxygens (including phenoxy) is 1. The summed E-state index contributed by atoms with van der Waals surface area (Å²) in [6.45, 7) is 4.14. The van der Waals surface area contributed by atoms with Crippen LogP contribution >= 0.6 is 15.9 Å². The van der Waals surface area contributed by atoms with Gasteiger partial charge in [0.1, 0.15) is 5.82 Å². The maximum absolute atomic E-state index is 5.86. The van der Waals surface area contributed by atoms with Crippen LogP contribution in [0.2, 0.25) is 0 Å². The molecule has 0 aromatic carbocycles. The van der Waals surface area contributed by atoms with Crippen molar-refractivity contribution in [2.24, 2.45) is 0 Å². The predicted molar refractivity (Wildman–Crippen MR) is 71.7 cm³/mol. The van der Waals surface area contributed by atoms with Crippen LogP contribution < -0.4 is 4.90 Å². The summed E-state index contributed by atoms with van der Waals surface area (Å²) in [7, 11) is 0. The molecule has 17 heavy (non-hydrogen) atoms. The van der Waals surface area contributed by atoms with Gasteiger partial charge in [-0.1, -0.05) is 22.0 Å². The second kappa shape index (κ2) is 4.58. The Kier molecular flexibility index (Phi) is 3.09. The number of pyridine rings is 1. The number of halogens is 1. The Hall–Kier alpha value is -0.610. The first kappa shape index (κ1) is 11.5. The molecule has 2 aliphatic rings. The third-order valence-corrected chi connectivity index (χ3v) is 4.25. The molecule has 0 amide bonds. The van der Waals surface area contributed by atoms with E-state index < -0.39 is 0 Å². The molecule has 0 N–H and O–H groups in total. The number of nitrogens with zero attached hydrogens (tertiary/aromatic N) is 2. The van der Waals surface area contributed by atoms with Crippen molar-refractivity contribution in [3.63, 3.8) is 0 Å². The Labute approximate surface area is 110 Å². The lowest BCUT2D eigenvalue weighted by atomic mass is 10.2. The highest BCUT2D eigenvalue weighted by atomic mass is 79.9. The maximum Gasteiger partial charge on any atom is 0.131 e. The van der Waals surface area contributed by atoms with E-state index in [1.807, 2.05) is 6.20 Å². The molecule has 2 atom stereocenters. The molecule has 2 bridgehead atoms. The molecular weight excluding hydrogens is 280 g/mol. The fraction of sp³-hybridized carbons (Fsp3) is 0.615. The minimum Gasteiger partial charge on any atom is -0.371 e. The number of anilines is 1. The first-order chi connectivity index (χ1) is 8.26. The van der Waals surface area contributed by atoms with Gasteiger partial charge in [-0.05, 0) is 30.9 Å². The van der Waals surface area contributed by atoms with Gasteiger partial charge in [0.2, 0.25) is 0 Å². The van der Waals surface area contributed by atoms with E-state index in [2.05, 4.69) is 38.8 Å². The second-order valence-electron chi connectivity index (χ2n) is 4.98. The standard InChI is InChI=1S/C13H17BrN2O/c1-9-4-10(5-14)6-15-13(9)16-7-11-2-3-12(8-16)17-11/h4,6,11-12H,2-3,5,7-8H2,1H3. The van der Waals surface area contributed by atoms with Crippen molar-refractivity contribution in [1.82, 2.24) is 4.98 Å². The molecular formula is C13H17BrN2O. The Morgan fingerprint density at radius 1 is 1.41 bits per heavy atom. The predicted octanol–water partition coefficient (Wildman–Crippen LogP) is 2.65. The van der Waals surface area contributed by atoms with Crippen LogP contribution in [0, 0.1) is 6.92 Å². The van der Waals surface area contributed by atoms with E-state index in [9.17, 15) is 0 Å². The van der Waals surface area contributed by atoms with Crippen molar-refractivity contribution < 1.29 is 4.74 Å². The summed E-state index contributed by atoms with van der Waals surface area (Å²) < 4.78 is 5.86. The van der Waals surface area contributed by atoms with Gasteiger partial charge in [-0.15, -0.1) is 0 Å². The van der Waals surface area contributed by atoms with Crippen LogP contribution in [0.25, 0.3) is 0 Å². The second-order valence-corrected chi connectivity index (χ2v) is 5.54. The van der Waals surface area contributed by atoms with Gasteiger partial charge in [0.25, 0.3) is 0 Å². The largest absolute Gasteiger partial charge is 0.371 e. The molecule has 0 radical (unpaired) electrons. The van der Waals surface area contributed by atoms with Crippen LogP contribution in [-0.4, -0.2) is 30.3 Å². The topological polar surface area (TPSA) is 25.4 Å². The van der Waals surface area contributed by atoms with Gasteiger partial charge in [-0.2, -0.15) is 0 Å². The molecule has 1 aromatic rings. The third kappa shape index (κ3) is 2.20. The summed E-state index contributed by atoms with van der Waals surface area (Å²) >= 11 is 3.47. The van der Waals surface area contributed by atoms with E-state index in [0.717, 1.165) is 24.2 Å². The molecule has 2 fully saturated rings. The van der Waals surface area contributed by atoms with Gasteiger partial charge in [-0.3, -0.25) is 0 Å². The Morgan fingerprint density at radius 3 is 2.71 bits per heavy atom. The molecule has 0 saturated carbocycles. The quantitative estimate of drug-likeness (QED) is 0.785. The monoisotopic (exact) mass is 296 g/mol. The van der Waals surface area contributed by atoms with E-state index in [1.54, 1.807) is 0 Å². The van der Waals surface area contributed by atoms with Crippen molar-refractivity contribution in [2.75, 3.05) is 18.0 Å². The molecule has 3 heterocycles. The number of morpholine rings is 1. The zero-order valence-corrected chi connectivity index (χ0v) is 11.6. The Bertz CT molecular complexity index is 412. The number of rotatable bonds is 2. The molecule has 3 nitrogen and oxygen atoms in total. The molecule has 2 unspecified atom stereocenters. The number of aryl methyl sites for hydroxylation is 1. The Morgan fingerprint density at radius 2 is 2.12 bits per heavy atom. The lowest BCUT2D eigenvalue weighted by molar-refractivity contribution is 0.0302. The molecule has 4 heteroatoms. The third-order valence-electron chi connectivity index (χ3n) is 3.60. The van der Waals surface area contributed by atoms with Crippen LogP contribution in [0.3, 0.4) is 0 Å². The van der Waals surface area contributed by atoms with E-state index >= 15 is 0 Å². The smallest absolute Gasteiger partial charge is 0.131 e. The van der Waals surface area contributed by atoms with Crippen molar-refractivity contribution in [3.05, 3.63) is 23.4 Å². The molecule has 3 rings (SSSR count). The summed E-state index contributed by atoms with van der Waals surface area (Å²) in [4.78, 5) is 7.00. The van der Waals surface area contributed by atoms with Gasteiger partial charge in [-0.25, -0.2) is 4.98 Å². The zero-order chi connectivity index (χ0) is 11.8. The van der Waals surface area contributed by atoms with Crippen LogP contribution in [0.1, 0.15) is 24.0 Å². The molecule has 2 aliphatic heterocycles. The first-order valence-electron chi connectivity index (χ1n) is 6.18. The van der Waals surface area contributed by atoms with Crippen LogP contribution in [0.4, 0.5) is 5.82 Å². The van der Waals surface area contributed by atoms with Crippen molar-refractivity contribution in [2.45, 2.75) is 37.3 Å². The highest BCUT2D eigenvalue weighted by molar-refractivity contribution is 9.08. The van der Waals surface area contributed by atoms with Crippen LogP contribution in [0.15, 0.2) is 12.3 Å². The van der Waals surface area contributed by atoms with Crippen molar-refractivity contribution in [3.8, 4) is 0 Å². The van der Waals surface area contributed by atoms with Gasteiger partial charge < -0.3 is 9.64 Å². The van der Waals surface area contributed by atoms with E-state index in [4.69, 9.17) is 4.74 Å². The van der Waals surface area contributed by atoms with E-state index in [-0.39, 0.29) is 0 Å². The average Bonchev–Trinajstić information content (AvgIpc) is 2.68. The number of fused-ring (bicyclic) bond motifs is 2. The lowest BCUT2D eigenvalue weighted by Gasteiger charge is -2.33. The van der Waals surface area contributed by atoms with Crippen LogP contribution in [0.5, 0.6) is 0 Å². The summed E-state index contributed by atoms with van der Waals surface area (Å²) in [5.41, 5.74) is 2.51. The van der Waals surface area contributed by atoms with Gasteiger partial charge in [0.15, 0.2) is 0 Å². The van der Waals surface area contributed by atoms with E-state index in [1.165, 1.54) is 24.0 Å². The fourth-order valence-electron chi connectivity index (χ4n) is 2.82. The van der Waals surface area contributed by atoms with Gasteiger partial charge >= 0.3 is 0 Å². The molecule has 92 valence electrons. The molecule has 0 spiro atoms. The minimum absolute atomic E-state index is 0.422. The maximum atomic E-state index is 5.86. The average molecular weight is 297 g/mol. The summed E-state index contributed by atoms with van der Waals surface area (Å²) in [5, 5.41) is 0.871. The summed E-state index contributed by atoms with van der Waals surface area (Å²) in [6, 6.07) is 2.22. The zero-order valence-electron chi connectivity index (χ0n) is 10.0. The normalized spacial score (nSPS) is 27.5. The number of hydrogen-bond acceptors (Lipinski definition) is 3. The van der Waals surface area contributed by atoms with Gasteiger partial charge in [0, 0.05) is 24.6 Å². The number of aromatic nitrogens is 1. The molecule has 1 aromatic heterocycles. The minimum atomic E-state index is 0.422. The number of hydrogen-bond donors (Lipinski definition) is 0. The Balaban J connectivity index is 1.84. The lowest BCUT2D eigenvalue weighted by Crippen LogP contribution is -2.43. The van der Waals surface area contributed by atoms with E-state index in [0.29, 0.717) is 12.2 Å². The van der Waals surface area contributed by atoms with Crippen molar-refractivity contribution in [1.29, 1.82) is 0 Å². The fourth-order valence-corrected chi connectivity index (χ4v) is 3.12. The number of alkyl halides is 1.